The van der Waals surface area contributed by atoms with Crippen molar-refractivity contribution in [1.82, 2.24) is 14.9 Å². The van der Waals surface area contributed by atoms with Gasteiger partial charge in [-0.25, -0.2) is 22.8 Å². The third kappa shape index (κ3) is 5.47. The summed E-state index contributed by atoms with van der Waals surface area (Å²) >= 11 is 0. The minimum Gasteiger partial charge on any atom is -0.474 e. The van der Waals surface area contributed by atoms with Crippen molar-refractivity contribution in [3.63, 3.8) is 0 Å². The quantitative estimate of drug-likeness (QED) is 0.675. The van der Waals surface area contributed by atoms with E-state index in [0.29, 0.717) is 31.5 Å². The fraction of sp³-hybridized carbons (Fsp3) is 0.450. The predicted molar refractivity (Wildman–Crippen MR) is 108 cm³/mol. The number of aliphatic hydroxyl groups is 1. The van der Waals surface area contributed by atoms with Crippen molar-refractivity contribution in [2.45, 2.75) is 37.2 Å². The van der Waals surface area contributed by atoms with Crippen LogP contribution >= 0.6 is 0 Å². The molecule has 1 N–H and O–H groups in total. The molecule has 1 aliphatic rings. The molecular formula is C20H24FN3O6S. The molecule has 1 aromatic carbocycles. The summed E-state index contributed by atoms with van der Waals surface area (Å²) in [5.41, 5.74) is 0.436. The highest BCUT2D eigenvalue weighted by molar-refractivity contribution is 7.90. The Morgan fingerprint density at radius 3 is 2.58 bits per heavy atom. The number of halogens is 1. The summed E-state index contributed by atoms with van der Waals surface area (Å²) in [5, 5.41) is 8.90. The van der Waals surface area contributed by atoms with Gasteiger partial charge in [-0.2, -0.15) is 0 Å². The maximum atomic E-state index is 14.6. The van der Waals surface area contributed by atoms with Crippen LogP contribution in [0, 0.1) is 12.7 Å². The number of carbonyl (C=O) groups excluding carboxylic acids is 1. The van der Waals surface area contributed by atoms with Crippen LogP contribution in [0.1, 0.15) is 24.8 Å². The molecule has 31 heavy (non-hydrogen) atoms. The summed E-state index contributed by atoms with van der Waals surface area (Å²) in [5.74, 6) is -1.04. The number of nitrogens with zero attached hydrogens (tertiary/aromatic N) is 3. The summed E-state index contributed by atoms with van der Waals surface area (Å²) in [7, 11) is -3.75. The zero-order valence-corrected chi connectivity index (χ0v) is 18.1. The van der Waals surface area contributed by atoms with Crippen molar-refractivity contribution >= 4 is 15.7 Å². The second kappa shape index (κ2) is 9.56. The number of carbonyl (C=O) groups is 1. The highest BCUT2D eigenvalue weighted by Crippen LogP contribution is 2.32. The molecule has 0 radical (unpaired) electrons. The smallest absolute Gasteiger partial charge is 0.229 e. The molecule has 2 heterocycles. The molecule has 1 aliphatic heterocycles. The van der Waals surface area contributed by atoms with Gasteiger partial charge < -0.3 is 19.5 Å². The number of hydrogen-bond acceptors (Lipinski definition) is 8. The lowest BCUT2D eigenvalue weighted by atomic mass is 10.1. The number of ether oxygens (including phenoxy) is 2. The zero-order chi connectivity index (χ0) is 22.6. The van der Waals surface area contributed by atoms with E-state index < -0.39 is 20.5 Å². The Hall–Kier alpha value is -2.79. The van der Waals surface area contributed by atoms with Gasteiger partial charge in [-0.15, -0.1) is 0 Å². The number of rotatable bonds is 7. The van der Waals surface area contributed by atoms with Gasteiger partial charge in [0.25, 0.3) is 0 Å². The minimum atomic E-state index is -3.75. The Morgan fingerprint density at radius 1 is 1.26 bits per heavy atom. The molecule has 0 atom stereocenters. The van der Waals surface area contributed by atoms with E-state index in [1.165, 1.54) is 18.5 Å². The van der Waals surface area contributed by atoms with Crippen LogP contribution in [0.15, 0.2) is 29.4 Å². The first-order chi connectivity index (χ1) is 14.7. The van der Waals surface area contributed by atoms with Gasteiger partial charge >= 0.3 is 0 Å². The number of aliphatic hydroxyl groups excluding tert-OH is 1. The number of sulfone groups is 1. The van der Waals surface area contributed by atoms with E-state index in [9.17, 15) is 17.6 Å². The molecule has 9 nitrogen and oxygen atoms in total. The topological polar surface area (TPSA) is 119 Å². The molecule has 0 unspecified atom stereocenters. The van der Waals surface area contributed by atoms with E-state index in [0.717, 1.165) is 12.3 Å². The van der Waals surface area contributed by atoms with Gasteiger partial charge in [0, 0.05) is 38.6 Å². The number of hydrogen-bond donors (Lipinski definition) is 1. The van der Waals surface area contributed by atoms with Crippen molar-refractivity contribution in [2.75, 3.05) is 26.0 Å². The predicted octanol–water partition coefficient (Wildman–Crippen LogP) is 1.87. The standard InChI is InChI=1S/C20H24FN3O6S/c1-13-19(29-14-6-9-24(10-7-14)17(26)8-11-25)22-12-23-20(13)30-15-4-3-5-16(18(15)21)31(2,27)28/h3-5,12,14,25H,6-11H2,1-2H3. The average molecular weight is 453 g/mol. The van der Waals surface area contributed by atoms with Gasteiger partial charge in [-0.05, 0) is 19.1 Å². The lowest BCUT2D eigenvalue weighted by Crippen LogP contribution is -2.42. The molecule has 0 aliphatic carbocycles. The van der Waals surface area contributed by atoms with Gasteiger partial charge in [0.2, 0.25) is 17.7 Å². The molecule has 3 rings (SSSR count). The van der Waals surface area contributed by atoms with Crippen LogP contribution in [0.25, 0.3) is 0 Å². The Balaban J connectivity index is 1.71. The van der Waals surface area contributed by atoms with Crippen molar-refractivity contribution in [3.05, 3.63) is 35.9 Å². The van der Waals surface area contributed by atoms with E-state index in [2.05, 4.69) is 9.97 Å². The molecule has 0 bridgehead atoms. The molecule has 1 fully saturated rings. The number of likely N-dealkylation sites (tertiary alicyclic amines) is 1. The molecule has 0 saturated carbocycles. The van der Waals surface area contributed by atoms with Crippen molar-refractivity contribution in [2.24, 2.45) is 0 Å². The Labute approximate surface area is 179 Å². The van der Waals surface area contributed by atoms with Crippen molar-refractivity contribution in [3.8, 4) is 17.5 Å². The molecule has 1 saturated heterocycles. The summed E-state index contributed by atoms with van der Waals surface area (Å²) in [4.78, 5) is 21.2. The third-order valence-corrected chi connectivity index (χ3v) is 6.04. The van der Waals surface area contributed by atoms with Crippen LogP contribution in [-0.2, 0) is 14.6 Å². The van der Waals surface area contributed by atoms with E-state index in [1.54, 1.807) is 11.8 Å². The highest BCUT2D eigenvalue weighted by atomic mass is 32.2. The molecular weight excluding hydrogens is 429 g/mol. The van der Waals surface area contributed by atoms with Crippen LogP contribution in [0.3, 0.4) is 0 Å². The Morgan fingerprint density at radius 2 is 1.94 bits per heavy atom. The monoisotopic (exact) mass is 453 g/mol. The average Bonchev–Trinajstić information content (AvgIpc) is 2.72. The molecule has 0 spiro atoms. The van der Waals surface area contributed by atoms with Crippen molar-refractivity contribution in [1.29, 1.82) is 0 Å². The summed E-state index contributed by atoms with van der Waals surface area (Å²) in [6, 6.07) is 3.86. The fourth-order valence-electron chi connectivity index (χ4n) is 3.24. The van der Waals surface area contributed by atoms with Gasteiger partial charge in [0.15, 0.2) is 21.4 Å². The van der Waals surface area contributed by atoms with Gasteiger partial charge in [-0.3, -0.25) is 4.79 Å². The highest BCUT2D eigenvalue weighted by Gasteiger charge is 2.25. The summed E-state index contributed by atoms with van der Waals surface area (Å²) in [6.07, 6.45) is 3.26. The van der Waals surface area contributed by atoms with Crippen LogP contribution < -0.4 is 9.47 Å². The normalized spacial score (nSPS) is 15.0. The second-order valence-electron chi connectivity index (χ2n) is 7.22. The molecule has 168 valence electrons. The number of piperidine rings is 1. The number of amides is 1. The Kier molecular flexibility index (Phi) is 7.06. The Bertz CT molecular complexity index is 1050. The SMILES string of the molecule is Cc1c(Oc2cccc(S(C)(=O)=O)c2F)ncnc1OC1CCN(C(=O)CCO)CC1. The largest absolute Gasteiger partial charge is 0.474 e. The molecule has 2 aromatic rings. The third-order valence-electron chi connectivity index (χ3n) is 4.92. The van der Waals surface area contributed by atoms with Crippen LogP contribution in [0.5, 0.6) is 17.5 Å². The van der Waals surface area contributed by atoms with Gasteiger partial charge in [0.05, 0.1) is 12.2 Å². The lowest BCUT2D eigenvalue weighted by molar-refractivity contribution is -0.133. The number of aromatic nitrogens is 2. The first kappa shape index (κ1) is 22.9. The van der Waals surface area contributed by atoms with E-state index in [-0.39, 0.29) is 42.5 Å². The lowest BCUT2D eigenvalue weighted by Gasteiger charge is -2.32. The minimum absolute atomic E-state index is 0.0464. The zero-order valence-electron chi connectivity index (χ0n) is 17.2. The number of benzene rings is 1. The molecule has 1 aromatic heterocycles. The summed E-state index contributed by atoms with van der Waals surface area (Å²) < 4.78 is 49.5. The van der Waals surface area contributed by atoms with Gasteiger partial charge in [0.1, 0.15) is 17.3 Å². The molecule has 11 heteroatoms. The van der Waals surface area contributed by atoms with E-state index >= 15 is 0 Å². The summed E-state index contributed by atoms with van der Waals surface area (Å²) in [6.45, 7) is 2.51. The molecule has 1 amide bonds. The van der Waals surface area contributed by atoms with Crippen molar-refractivity contribution < 1.29 is 32.2 Å². The van der Waals surface area contributed by atoms with E-state index in [4.69, 9.17) is 14.6 Å². The van der Waals surface area contributed by atoms with Crippen LogP contribution in [0.4, 0.5) is 4.39 Å². The second-order valence-corrected chi connectivity index (χ2v) is 9.21. The van der Waals surface area contributed by atoms with Crippen LogP contribution in [-0.4, -0.2) is 66.4 Å². The van der Waals surface area contributed by atoms with E-state index in [1.807, 2.05) is 0 Å². The first-order valence-electron chi connectivity index (χ1n) is 9.74. The maximum absolute atomic E-state index is 14.6. The van der Waals surface area contributed by atoms with Crippen LogP contribution in [0.2, 0.25) is 0 Å². The first-order valence-corrected chi connectivity index (χ1v) is 11.6. The maximum Gasteiger partial charge on any atom is 0.229 e. The van der Waals surface area contributed by atoms with Gasteiger partial charge in [-0.1, -0.05) is 6.07 Å². The fourth-order valence-corrected chi connectivity index (χ4v) is 3.99.